The van der Waals surface area contributed by atoms with Crippen LogP contribution in [0.25, 0.3) is 6.08 Å². The lowest BCUT2D eigenvalue weighted by Crippen LogP contribution is -2.32. The van der Waals surface area contributed by atoms with Crippen molar-refractivity contribution in [2.45, 2.75) is 23.2 Å². The summed E-state index contributed by atoms with van der Waals surface area (Å²) in [6.45, 7) is 1.80. The molecule has 1 aliphatic rings. The van der Waals surface area contributed by atoms with Crippen molar-refractivity contribution in [1.82, 2.24) is 0 Å². The Kier molecular flexibility index (Phi) is 3.14. The summed E-state index contributed by atoms with van der Waals surface area (Å²) in [7, 11) is 0. The van der Waals surface area contributed by atoms with Gasteiger partial charge in [0.1, 0.15) is 5.25 Å². The van der Waals surface area contributed by atoms with E-state index in [1.807, 2.05) is 0 Å². The van der Waals surface area contributed by atoms with Crippen LogP contribution in [0.5, 0.6) is 0 Å². The van der Waals surface area contributed by atoms with Crippen LogP contribution in [0.4, 0.5) is 13.2 Å². The number of benzene rings is 1. The summed E-state index contributed by atoms with van der Waals surface area (Å²) in [5.41, 5.74) is 0.782. The lowest BCUT2D eigenvalue weighted by molar-refractivity contribution is -0.140. The monoisotopic (exact) mass is 274 g/mol. The van der Waals surface area contributed by atoms with Gasteiger partial charge in [-0.2, -0.15) is 13.2 Å². The fraction of sp³-hybridized carbons (Fsp3) is 0.250. The van der Waals surface area contributed by atoms with E-state index in [4.69, 9.17) is 5.11 Å². The molecule has 1 aliphatic heterocycles. The molecule has 0 saturated heterocycles. The molecule has 1 aromatic carbocycles. The zero-order valence-electron chi connectivity index (χ0n) is 9.28. The minimum Gasteiger partial charge on any atom is -0.478 e. The van der Waals surface area contributed by atoms with Crippen LogP contribution in [0.1, 0.15) is 11.1 Å². The summed E-state index contributed by atoms with van der Waals surface area (Å²) in [6.07, 6.45) is -3.46. The van der Waals surface area contributed by atoms with Gasteiger partial charge in [0.05, 0.1) is 5.57 Å². The van der Waals surface area contributed by atoms with Gasteiger partial charge >= 0.3 is 12.1 Å². The van der Waals surface area contributed by atoms with Crippen molar-refractivity contribution >= 4 is 23.8 Å². The Morgan fingerprint density at radius 2 is 2.06 bits per heavy atom. The van der Waals surface area contributed by atoms with Crippen molar-refractivity contribution in [2.24, 2.45) is 0 Å². The van der Waals surface area contributed by atoms with Gasteiger partial charge in [-0.25, -0.2) is 4.79 Å². The molecule has 1 unspecified atom stereocenters. The molecule has 1 N–H and O–H groups in total. The van der Waals surface area contributed by atoms with Crippen molar-refractivity contribution in [3.05, 3.63) is 34.9 Å². The molecule has 0 spiro atoms. The van der Waals surface area contributed by atoms with E-state index in [0.717, 1.165) is 11.6 Å². The highest BCUT2D eigenvalue weighted by atomic mass is 32.2. The van der Waals surface area contributed by atoms with Crippen molar-refractivity contribution in [3.63, 3.8) is 0 Å². The number of fused-ring (bicyclic) bond motifs is 1. The number of carboxylic acid groups (broad SMARTS) is 1. The van der Waals surface area contributed by atoms with Crippen LogP contribution in [0.15, 0.2) is 28.7 Å². The predicted molar refractivity (Wildman–Crippen MR) is 62.5 cm³/mol. The smallest absolute Gasteiger partial charge is 0.405 e. The van der Waals surface area contributed by atoms with E-state index in [-0.39, 0.29) is 0 Å². The third-order valence-corrected chi connectivity index (χ3v) is 3.93. The minimum absolute atomic E-state index is 0.452. The molecular formula is C12H9F3O2S. The molecule has 0 radical (unpaired) electrons. The highest BCUT2D eigenvalue weighted by molar-refractivity contribution is 8.00. The summed E-state index contributed by atoms with van der Waals surface area (Å²) < 4.78 is 38.4. The molecule has 18 heavy (non-hydrogen) atoms. The molecule has 2 nitrogen and oxygen atoms in total. The first-order valence-electron chi connectivity index (χ1n) is 5.08. The van der Waals surface area contributed by atoms with Gasteiger partial charge in [0.2, 0.25) is 0 Å². The standard InChI is InChI=1S/C12H9F3O2S/c1-6-2-3-9-7(4-6)5-8(11(16)17)10(18-9)12(13,14)15/h2-5,10H,1H3,(H,16,17). The van der Waals surface area contributed by atoms with Gasteiger partial charge in [0, 0.05) is 4.90 Å². The van der Waals surface area contributed by atoms with Crippen molar-refractivity contribution in [2.75, 3.05) is 0 Å². The molecular weight excluding hydrogens is 265 g/mol. The Labute approximate surface area is 106 Å². The van der Waals surface area contributed by atoms with E-state index in [0.29, 0.717) is 22.2 Å². The summed E-state index contributed by atoms with van der Waals surface area (Å²) in [4.78, 5) is 11.4. The first kappa shape index (κ1) is 13.0. The third kappa shape index (κ3) is 2.38. The summed E-state index contributed by atoms with van der Waals surface area (Å²) in [5, 5.41) is 6.88. The number of aliphatic carboxylic acids is 1. The van der Waals surface area contributed by atoms with Gasteiger partial charge in [-0.15, -0.1) is 11.8 Å². The Morgan fingerprint density at radius 1 is 1.39 bits per heavy atom. The van der Waals surface area contributed by atoms with Gasteiger partial charge in [-0.3, -0.25) is 0 Å². The molecule has 6 heteroatoms. The first-order chi connectivity index (χ1) is 8.29. The zero-order chi connectivity index (χ0) is 13.5. The van der Waals surface area contributed by atoms with E-state index in [1.165, 1.54) is 0 Å². The van der Waals surface area contributed by atoms with Crippen molar-refractivity contribution in [1.29, 1.82) is 0 Å². The number of hydrogen-bond acceptors (Lipinski definition) is 2. The van der Waals surface area contributed by atoms with Gasteiger partial charge in [-0.05, 0) is 24.6 Å². The maximum absolute atomic E-state index is 12.8. The highest BCUT2D eigenvalue weighted by Crippen LogP contribution is 2.45. The largest absolute Gasteiger partial charge is 0.478 e. The second-order valence-corrected chi connectivity index (χ2v) is 5.13. The van der Waals surface area contributed by atoms with Gasteiger partial charge in [0.15, 0.2) is 0 Å². The first-order valence-corrected chi connectivity index (χ1v) is 5.96. The number of carbonyl (C=O) groups is 1. The maximum Gasteiger partial charge on any atom is 0.405 e. The minimum atomic E-state index is -4.57. The quantitative estimate of drug-likeness (QED) is 0.851. The molecule has 1 heterocycles. The number of thioether (sulfide) groups is 1. The Morgan fingerprint density at radius 3 is 2.61 bits per heavy atom. The fourth-order valence-corrected chi connectivity index (χ4v) is 2.82. The topological polar surface area (TPSA) is 37.3 Å². The van der Waals surface area contributed by atoms with Crippen LogP contribution < -0.4 is 0 Å². The number of halogens is 3. The Bertz CT molecular complexity index is 535. The second-order valence-electron chi connectivity index (χ2n) is 3.99. The molecule has 96 valence electrons. The number of aryl methyl sites for hydroxylation is 1. The van der Waals surface area contributed by atoms with Crippen LogP contribution in [0.3, 0.4) is 0 Å². The van der Waals surface area contributed by atoms with E-state index in [2.05, 4.69) is 0 Å². The van der Waals surface area contributed by atoms with E-state index in [1.54, 1.807) is 25.1 Å². The molecule has 0 fully saturated rings. The van der Waals surface area contributed by atoms with Crippen LogP contribution in [-0.4, -0.2) is 22.5 Å². The fourth-order valence-electron chi connectivity index (χ4n) is 1.74. The van der Waals surface area contributed by atoms with Crippen molar-refractivity contribution in [3.8, 4) is 0 Å². The molecule has 0 aliphatic carbocycles. The highest BCUT2D eigenvalue weighted by Gasteiger charge is 2.46. The lowest BCUT2D eigenvalue weighted by Gasteiger charge is -2.25. The van der Waals surface area contributed by atoms with E-state index < -0.39 is 23.0 Å². The third-order valence-electron chi connectivity index (χ3n) is 2.55. The number of rotatable bonds is 1. The predicted octanol–water partition coefficient (Wildman–Crippen LogP) is 3.50. The number of carboxylic acids is 1. The molecule has 0 bridgehead atoms. The molecule has 1 atom stereocenters. The van der Waals surface area contributed by atoms with Crippen molar-refractivity contribution < 1.29 is 23.1 Å². The summed E-state index contributed by atoms with van der Waals surface area (Å²) >= 11 is 0.535. The molecule has 0 amide bonds. The Balaban J connectivity index is 2.53. The average Bonchev–Trinajstić information content (AvgIpc) is 2.25. The zero-order valence-corrected chi connectivity index (χ0v) is 10.1. The van der Waals surface area contributed by atoms with Crippen LogP contribution in [-0.2, 0) is 4.79 Å². The molecule has 2 rings (SSSR count). The van der Waals surface area contributed by atoms with Gasteiger partial charge in [-0.1, -0.05) is 17.7 Å². The normalized spacial score (nSPS) is 19.1. The maximum atomic E-state index is 12.8. The van der Waals surface area contributed by atoms with Gasteiger partial charge < -0.3 is 5.11 Å². The molecule has 0 aromatic heterocycles. The number of hydrogen-bond donors (Lipinski definition) is 1. The number of alkyl halides is 3. The van der Waals surface area contributed by atoms with Gasteiger partial charge in [0.25, 0.3) is 0 Å². The van der Waals surface area contributed by atoms with E-state index in [9.17, 15) is 18.0 Å². The molecule has 1 aromatic rings. The SMILES string of the molecule is Cc1ccc2c(c1)C=C(C(=O)O)C(C(F)(F)F)S2. The lowest BCUT2D eigenvalue weighted by atomic mass is 10.0. The van der Waals surface area contributed by atoms with E-state index >= 15 is 0 Å². The van der Waals surface area contributed by atoms with Crippen LogP contribution >= 0.6 is 11.8 Å². The van der Waals surface area contributed by atoms with Crippen LogP contribution in [0.2, 0.25) is 0 Å². The molecule has 0 saturated carbocycles. The summed E-state index contributed by atoms with van der Waals surface area (Å²) in [6, 6.07) is 4.97. The summed E-state index contributed by atoms with van der Waals surface area (Å²) in [5.74, 6) is -1.53. The van der Waals surface area contributed by atoms with Crippen LogP contribution in [0, 0.1) is 6.92 Å². The second kappa shape index (κ2) is 4.35. The Hall–Kier alpha value is -1.43. The average molecular weight is 274 g/mol.